The molecule has 1 saturated carbocycles. The van der Waals surface area contributed by atoms with Crippen LogP contribution in [0.25, 0.3) is 11.1 Å². The fourth-order valence-electron chi connectivity index (χ4n) is 5.13. The smallest absolute Gasteiger partial charge is 0.395 e. The van der Waals surface area contributed by atoms with Crippen LogP contribution >= 0.6 is 0 Å². The molecule has 3 aliphatic rings. The Hall–Kier alpha value is -3.35. The van der Waals surface area contributed by atoms with Gasteiger partial charge in [-0.15, -0.1) is 8.78 Å². The normalized spacial score (nSPS) is 20.7. The number of nitrogens with one attached hydrogen (secondary N) is 1. The van der Waals surface area contributed by atoms with Gasteiger partial charge in [0.05, 0.1) is 0 Å². The number of alkyl halides is 2. The first-order valence-electron chi connectivity index (χ1n) is 11.7. The number of amides is 1. The zero-order chi connectivity index (χ0) is 24.0. The van der Waals surface area contributed by atoms with Gasteiger partial charge in [-0.1, -0.05) is 25.1 Å². The number of nitrogens with zero attached hydrogens (tertiary/aromatic N) is 1. The van der Waals surface area contributed by atoms with Gasteiger partial charge in [0.15, 0.2) is 11.5 Å². The van der Waals surface area contributed by atoms with Crippen molar-refractivity contribution in [2.75, 3.05) is 12.4 Å². The fraction of sp³-hybridized carbons (Fsp3) is 0.370. The lowest BCUT2D eigenvalue weighted by Crippen LogP contribution is -2.39. The minimum Gasteiger partial charge on any atom is -0.395 e. The van der Waals surface area contributed by atoms with Gasteiger partial charge in [0.25, 0.3) is 5.91 Å². The van der Waals surface area contributed by atoms with Crippen LogP contribution in [-0.2, 0) is 4.79 Å². The minimum absolute atomic E-state index is 0.0126. The number of carbonyl (C=O) groups is 1. The summed E-state index contributed by atoms with van der Waals surface area (Å²) >= 11 is 0. The van der Waals surface area contributed by atoms with Crippen molar-refractivity contribution in [2.45, 2.75) is 58.3 Å². The molecule has 178 valence electrons. The van der Waals surface area contributed by atoms with Crippen molar-refractivity contribution in [1.29, 1.82) is 0 Å². The SMILES string of the molecule is CCC1C=C2CCCCC2=C(C(=O)Nc2ccc(-c3cc4c(cc3C)OC(F)(F)O4)cc2)N1C. The molecule has 1 fully saturated rings. The predicted molar refractivity (Wildman–Crippen MR) is 127 cm³/mol. The molecule has 5 nitrogen and oxygen atoms in total. The summed E-state index contributed by atoms with van der Waals surface area (Å²) in [6, 6.07) is 10.7. The number of hydrogen-bond donors (Lipinski definition) is 1. The topological polar surface area (TPSA) is 50.8 Å². The van der Waals surface area contributed by atoms with E-state index in [1.807, 2.05) is 38.2 Å². The molecule has 0 aromatic heterocycles. The summed E-state index contributed by atoms with van der Waals surface area (Å²) in [4.78, 5) is 15.4. The highest BCUT2D eigenvalue weighted by atomic mass is 19.3. The van der Waals surface area contributed by atoms with E-state index in [9.17, 15) is 13.6 Å². The number of anilines is 1. The van der Waals surface area contributed by atoms with Gasteiger partial charge in [0.1, 0.15) is 5.70 Å². The maximum absolute atomic E-state index is 13.4. The van der Waals surface area contributed by atoms with Crippen molar-refractivity contribution >= 4 is 11.6 Å². The average Bonchev–Trinajstić information content (AvgIpc) is 3.11. The lowest BCUT2D eigenvalue weighted by Gasteiger charge is -2.37. The molecular formula is C27H28F2N2O3. The molecule has 0 radical (unpaired) electrons. The van der Waals surface area contributed by atoms with Crippen LogP contribution in [0.15, 0.2) is 59.3 Å². The highest BCUT2D eigenvalue weighted by molar-refractivity contribution is 6.04. The summed E-state index contributed by atoms with van der Waals surface area (Å²) in [5.41, 5.74) is 6.31. The summed E-state index contributed by atoms with van der Waals surface area (Å²) < 4.78 is 36.0. The van der Waals surface area contributed by atoms with Crippen LogP contribution in [0.2, 0.25) is 0 Å². The number of fused-ring (bicyclic) bond motifs is 2. The van der Waals surface area contributed by atoms with Crippen molar-refractivity contribution in [2.24, 2.45) is 0 Å². The molecular weight excluding hydrogens is 438 g/mol. The van der Waals surface area contributed by atoms with Gasteiger partial charge >= 0.3 is 6.29 Å². The van der Waals surface area contributed by atoms with E-state index in [1.165, 1.54) is 17.6 Å². The van der Waals surface area contributed by atoms with Gasteiger partial charge in [-0.05, 0) is 91.1 Å². The van der Waals surface area contributed by atoms with Crippen LogP contribution in [-0.4, -0.2) is 30.2 Å². The quantitative estimate of drug-likeness (QED) is 0.567. The Balaban J connectivity index is 1.38. The molecule has 34 heavy (non-hydrogen) atoms. The minimum atomic E-state index is -3.65. The van der Waals surface area contributed by atoms with Gasteiger partial charge in [-0.2, -0.15) is 0 Å². The molecule has 1 aliphatic carbocycles. The highest BCUT2D eigenvalue weighted by Gasteiger charge is 2.43. The second-order valence-electron chi connectivity index (χ2n) is 9.13. The number of likely N-dealkylation sites (N-methyl/N-ethyl adjacent to an activating group) is 1. The van der Waals surface area contributed by atoms with Gasteiger partial charge in [-0.25, -0.2) is 0 Å². The Labute approximate surface area is 198 Å². The summed E-state index contributed by atoms with van der Waals surface area (Å²) in [5, 5.41) is 3.06. The van der Waals surface area contributed by atoms with E-state index in [0.717, 1.165) is 48.1 Å². The third-order valence-corrected chi connectivity index (χ3v) is 6.88. The molecule has 1 unspecified atom stereocenters. The lowest BCUT2D eigenvalue weighted by molar-refractivity contribution is -0.286. The molecule has 0 spiro atoms. The fourth-order valence-corrected chi connectivity index (χ4v) is 5.13. The first-order valence-corrected chi connectivity index (χ1v) is 11.7. The van der Waals surface area contributed by atoms with Crippen molar-refractivity contribution in [1.82, 2.24) is 4.90 Å². The first kappa shape index (κ1) is 22.4. The molecule has 2 heterocycles. The molecule has 0 saturated heterocycles. The highest BCUT2D eigenvalue weighted by Crippen LogP contribution is 2.44. The van der Waals surface area contributed by atoms with Crippen LogP contribution in [0.1, 0.15) is 44.6 Å². The number of allylic oxidation sites excluding steroid dienone is 2. The molecule has 5 rings (SSSR count). The van der Waals surface area contributed by atoms with E-state index in [-0.39, 0.29) is 23.4 Å². The van der Waals surface area contributed by atoms with Crippen LogP contribution in [0.5, 0.6) is 11.5 Å². The Morgan fingerprint density at radius 2 is 1.79 bits per heavy atom. The number of aryl methyl sites for hydroxylation is 1. The maximum Gasteiger partial charge on any atom is 0.586 e. The number of benzene rings is 2. The number of halogens is 2. The maximum atomic E-state index is 13.4. The van der Waals surface area contributed by atoms with Gasteiger partial charge < -0.3 is 19.7 Å². The second kappa shape index (κ2) is 8.46. The van der Waals surface area contributed by atoms with E-state index in [4.69, 9.17) is 0 Å². The molecule has 2 aromatic carbocycles. The third-order valence-electron chi connectivity index (χ3n) is 6.88. The molecule has 1 amide bonds. The Kier molecular flexibility index (Phi) is 5.58. The second-order valence-corrected chi connectivity index (χ2v) is 9.13. The largest absolute Gasteiger partial charge is 0.586 e. The van der Waals surface area contributed by atoms with Crippen LogP contribution in [0.3, 0.4) is 0 Å². The van der Waals surface area contributed by atoms with Gasteiger partial charge in [0, 0.05) is 18.8 Å². The molecule has 7 heteroatoms. The molecule has 0 bridgehead atoms. The van der Waals surface area contributed by atoms with Crippen LogP contribution in [0, 0.1) is 6.92 Å². The molecule has 1 atom stereocenters. The Morgan fingerprint density at radius 1 is 1.12 bits per heavy atom. The van der Waals surface area contributed by atoms with E-state index < -0.39 is 6.29 Å². The van der Waals surface area contributed by atoms with Gasteiger partial charge in [0.2, 0.25) is 0 Å². The molecule has 1 N–H and O–H groups in total. The van der Waals surface area contributed by atoms with Gasteiger partial charge in [-0.3, -0.25) is 4.79 Å². The summed E-state index contributed by atoms with van der Waals surface area (Å²) in [6.45, 7) is 3.97. The zero-order valence-electron chi connectivity index (χ0n) is 19.6. The van der Waals surface area contributed by atoms with Crippen molar-refractivity contribution in [3.63, 3.8) is 0 Å². The van der Waals surface area contributed by atoms with E-state index in [2.05, 4.69) is 32.7 Å². The Morgan fingerprint density at radius 3 is 2.50 bits per heavy atom. The zero-order valence-corrected chi connectivity index (χ0v) is 19.6. The standard InChI is InChI=1S/C27H28F2N2O3/c1-4-20-14-18-7-5-6-8-21(18)25(31(20)3)26(32)30-19-11-9-17(10-12-19)22-15-24-23(13-16(22)2)33-27(28,29)34-24/h9-15,20H,4-8H2,1-3H3,(H,30,32). The van der Waals surface area contributed by atoms with Crippen molar-refractivity contribution in [3.8, 4) is 22.6 Å². The molecule has 2 aliphatic heterocycles. The summed E-state index contributed by atoms with van der Waals surface area (Å²) in [5.74, 6) is -0.0565. The predicted octanol–water partition coefficient (Wildman–Crippen LogP) is 6.40. The number of hydrogen-bond acceptors (Lipinski definition) is 4. The third kappa shape index (κ3) is 4.04. The monoisotopic (exact) mass is 466 g/mol. The summed E-state index contributed by atoms with van der Waals surface area (Å²) in [7, 11) is 1.99. The number of rotatable bonds is 4. The lowest BCUT2D eigenvalue weighted by atomic mass is 9.83. The van der Waals surface area contributed by atoms with E-state index in [1.54, 1.807) is 12.1 Å². The van der Waals surface area contributed by atoms with Crippen LogP contribution < -0.4 is 14.8 Å². The Bertz CT molecular complexity index is 1200. The number of ether oxygens (including phenoxy) is 2. The average molecular weight is 467 g/mol. The van der Waals surface area contributed by atoms with Crippen molar-refractivity contribution in [3.05, 3.63) is 64.9 Å². The number of carbonyl (C=O) groups excluding carboxylic acids is 1. The van der Waals surface area contributed by atoms with E-state index >= 15 is 0 Å². The first-order chi connectivity index (χ1) is 16.3. The van der Waals surface area contributed by atoms with E-state index in [0.29, 0.717) is 5.69 Å². The molecule has 2 aromatic rings. The van der Waals surface area contributed by atoms with Crippen molar-refractivity contribution < 1.29 is 23.0 Å². The van der Waals surface area contributed by atoms with Crippen LogP contribution in [0.4, 0.5) is 14.5 Å². The summed E-state index contributed by atoms with van der Waals surface area (Å²) in [6.07, 6.45) is 3.85.